The van der Waals surface area contributed by atoms with Crippen LogP contribution in [0.5, 0.6) is 5.75 Å². The van der Waals surface area contributed by atoms with Crippen molar-refractivity contribution in [3.8, 4) is 5.75 Å². The number of amides is 1. The number of ether oxygens (including phenoxy) is 1. The van der Waals surface area contributed by atoms with Gasteiger partial charge in [-0.3, -0.25) is 4.79 Å². The number of rotatable bonds is 4. The molecule has 1 aliphatic rings. The number of hydrogen-bond acceptors (Lipinski definition) is 3. The smallest absolute Gasteiger partial charge is 0.227 e. The molecule has 6 heteroatoms. The highest BCUT2D eigenvalue weighted by molar-refractivity contribution is 5.80. The van der Waals surface area contributed by atoms with E-state index in [1.807, 2.05) is 29.2 Å². The molecule has 4 rings (SSSR count). The average molecular weight is 367 g/mol. The van der Waals surface area contributed by atoms with Crippen molar-refractivity contribution < 1.29 is 13.9 Å². The predicted molar refractivity (Wildman–Crippen MR) is 101 cm³/mol. The first-order valence-electron chi connectivity index (χ1n) is 9.21. The third-order valence-electron chi connectivity index (χ3n) is 5.09. The molecule has 5 nitrogen and oxygen atoms in total. The molecule has 0 spiro atoms. The van der Waals surface area contributed by atoms with E-state index in [-0.39, 0.29) is 17.8 Å². The predicted octanol–water partition coefficient (Wildman–Crippen LogP) is 4.01. The van der Waals surface area contributed by atoms with Crippen LogP contribution in [-0.2, 0) is 11.2 Å². The molecule has 0 unspecified atom stereocenters. The minimum atomic E-state index is -0.299. The van der Waals surface area contributed by atoms with Gasteiger partial charge >= 0.3 is 0 Å². The molecule has 0 radical (unpaired) electrons. The number of fused-ring (bicyclic) bond motifs is 1. The highest BCUT2D eigenvalue weighted by atomic mass is 19.1. The standard InChI is InChI=1S/C21H22FN3O2/c1-27-16-6-4-5-14(11-16)12-20(26)25-10-3-2-7-19(25)21-23-17-9-8-15(22)13-18(17)24-21/h4-6,8-9,11,13,19H,2-3,7,10,12H2,1H3,(H,23,24)/t19-/m0/s1. The maximum absolute atomic E-state index is 13.5. The molecule has 27 heavy (non-hydrogen) atoms. The second kappa shape index (κ2) is 7.39. The number of carbonyl (C=O) groups is 1. The van der Waals surface area contributed by atoms with Crippen LogP contribution in [0, 0.1) is 5.82 Å². The lowest BCUT2D eigenvalue weighted by atomic mass is 10.00. The minimum absolute atomic E-state index is 0.0691. The molecule has 1 fully saturated rings. The molecule has 1 aliphatic heterocycles. The summed E-state index contributed by atoms with van der Waals surface area (Å²) in [5.74, 6) is 1.25. The van der Waals surface area contributed by atoms with Crippen LogP contribution in [0.15, 0.2) is 42.5 Å². The summed E-state index contributed by atoms with van der Waals surface area (Å²) in [6.45, 7) is 0.707. The molecule has 1 atom stereocenters. The van der Waals surface area contributed by atoms with Gasteiger partial charge in [-0.2, -0.15) is 0 Å². The maximum atomic E-state index is 13.5. The number of nitrogens with one attached hydrogen (secondary N) is 1. The molecule has 1 amide bonds. The van der Waals surface area contributed by atoms with Crippen LogP contribution in [-0.4, -0.2) is 34.4 Å². The van der Waals surface area contributed by atoms with Crippen LogP contribution in [0.2, 0.25) is 0 Å². The summed E-state index contributed by atoms with van der Waals surface area (Å²) in [5.41, 5.74) is 2.31. The van der Waals surface area contributed by atoms with Gasteiger partial charge in [0.15, 0.2) is 0 Å². The molecular weight excluding hydrogens is 345 g/mol. The zero-order valence-electron chi connectivity index (χ0n) is 15.2. The summed E-state index contributed by atoms with van der Waals surface area (Å²) in [6, 6.07) is 12.0. The van der Waals surface area contributed by atoms with E-state index < -0.39 is 0 Å². The van der Waals surface area contributed by atoms with E-state index in [2.05, 4.69) is 9.97 Å². The number of methoxy groups -OCH3 is 1. The molecule has 1 N–H and O–H groups in total. The Hall–Kier alpha value is -2.89. The fraction of sp³-hybridized carbons (Fsp3) is 0.333. The van der Waals surface area contributed by atoms with Crippen LogP contribution < -0.4 is 4.74 Å². The summed E-state index contributed by atoms with van der Waals surface area (Å²) in [6.07, 6.45) is 3.20. The molecule has 0 aliphatic carbocycles. The van der Waals surface area contributed by atoms with Gasteiger partial charge in [-0.15, -0.1) is 0 Å². The number of imidazole rings is 1. The molecule has 3 aromatic rings. The van der Waals surface area contributed by atoms with Gasteiger partial charge in [-0.1, -0.05) is 12.1 Å². The van der Waals surface area contributed by atoms with Crippen LogP contribution in [0.3, 0.4) is 0 Å². The van der Waals surface area contributed by atoms with Crippen LogP contribution >= 0.6 is 0 Å². The van der Waals surface area contributed by atoms with Gasteiger partial charge in [-0.25, -0.2) is 9.37 Å². The molecule has 140 valence electrons. The van der Waals surface area contributed by atoms with Crippen molar-refractivity contribution in [3.63, 3.8) is 0 Å². The maximum Gasteiger partial charge on any atom is 0.227 e. The van der Waals surface area contributed by atoms with Crippen molar-refractivity contribution in [3.05, 3.63) is 59.7 Å². The van der Waals surface area contributed by atoms with E-state index in [0.717, 1.165) is 41.9 Å². The zero-order valence-corrected chi connectivity index (χ0v) is 15.2. The topological polar surface area (TPSA) is 58.2 Å². The van der Waals surface area contributed by atoms with Gasteiger partial charge in [-0.05, 0) is 55.2 Å². The Bertz CT molecular complexity index is 969. The van der Waals surface area contributed by atoms with E-state index >= 15 is 0 Å². The largest absolute Gasteiger partial charge is 0.497 e. The first-order chi connectivity index (χ1) is 13.1. The Morgan fingerprint density at radius 3 is 3.04 bits per heavy atom. The zero-order chi connectivity index (χ0) is 18.8. The molecule has 2 aromatic carbocycles. The number of halogens is 1. The van der Waals surface area contributed by atoms with Crippen LogP contribution in [0.1, 0.15) is 36.7 Å². The SMILES string of the molecule is COc1cccc(CC(=O)N2CCCC[C@H]2c2nc3ccc(F)cc3[nH]2)c1. The molecular formula is C21H22FN3O2. The van der Waals surface area contributed by atoms with Gasteiger partial charge in [0.25, 0.3) is 0 Å². The second-order valence-electron chi connectivity index (χ2n) is 6.91. The summed E-state index contributed by atoms with van der Waals surface area (Å²) in [7, 11) is 1.62. The fourth-order valence-electron chi connectivity index (χ4n) is 3.73. The number of carbonyl (C=O) groups excluding carboxylic acids is 1. The fourth-order valence-corrected chi connectivity index (χ4v) is 3.73. The number of aromatic nitrogens is 2. The summed E-state index contributed by atoms with van der Waals surface area (Å²) in [4.78, 5) is 22.7. The van der Waals surface area contributed by atoms with Crippen LogP contribution in [0.4, 0.5) is 4.39 Å². The quantitative estimate of drug-likeness (QED) is 0.758. The third-order valence-corrected chi connectivity index (χ3v) is 5.09. The summed E-state index contributed by atoms with van der Waals surface area (Å²) >= 11 is 0. The number of aromatic amines is 1. The number of hydrogen-bond donors (Lipinski definition) is 1. The number of benzene rings is 2. The van der Waals surface area contributed by atoms with Gasteiger partial charge in [0.05, 0.1) is 30.6 Å². The first kappa shape index (κ1) is 17.5. The van der Waals surface area contributed by atoms with Crippen molar-refractivity contribution in [2.75, 3.05) is 13.7 Å². The Labute approximate surface area is 157 Å². The lowest BCUT2D eigenvalue weighted by molar-refractivity contribution is -0.134. The van der Waals surface area contributed by atoms with Gasteiger partial charge in [0.1, 0.15) is 17.4 Å². The number of piperidine rings is 1. The Morgan fingerprint density at radius 2 is 2.19 bits per heavy atom. The number of nitrogens with zero attached hydrogens (tertiary/aromatic N) is 2. The third kappa shape index (κ3) is 3.65. The van der Waals surface area contributed by atoms with Crippen molar-refractivity contribution >= 4 is 16.9 Å². The minimum Gasteiger partial charge on any atom is -0.497 e. The van der Waals surface area contributed by atoms with E-state index in [9.17, 15) is 9.18 Å². The first-order valence-corrected chi connectivity index (χ1v) is 9.21. The average Bonchev–Trinajstić information content (AvgIpc) is 3.11. The lowest BCUT2D eigenvalue weighted by Gasteiger charge is -2.34. The molecule has 2 heterocycles. The summed E-state index contributed by atoms with van der Waals surface area (Å²) < 4.78 is 18.7. The number of likely N-dealkylation sites (tertiary alicyclic amines) is 1. The monoisotopic (exact) mass is 367 g/mol. The molecule has 1 aromatic heterocycles. The Morgan fingerprint density at radius 1 is 1.30 bits per heavy atom. The summed E-state index contributed by atoms with van der Waals surface area (Å²) in [5, 5.41) is 0. The van der Waals surface area contributed by atoms with E-state index in [1.165, 1.54) is 12.1 Å². The molecule has 0 bridgehead atoms. The van der Waals surface area contributed by atoms with Crippen molar-refractivity contribution in [2.45, 2.75) is 31.7 Å². The Balaban J connectivity index is 1.58. The van der Waals surface area contributed by atoms with Crippen molar-refractivity contribution in [2.24, 2.45) is 0 Å². The van der Waals surface area contributed by atoms with Crippen LogP contribution in [0.25, 0.3) is 11.0 Å². The second-order valence-corrected chi connectivity index (χ2v) is 6.91. The van der Waals surface area contributed by atoms with Gasteiger partial charge in [0, 0.05) is 6.54 Å². The van der Waals surface area contributed by atoms with E-state index in [1.54, 1.807) is 13.2 Å². The van der Waals surface area contributed by atoms with E-state index in [0.29, 0.717) is 18.5 Å². The lowest BCUT2D eigenvalue weighted by Crippen LogP contribution is -2.39. The Kier molecular flexibility index (Phi) is 4.79. The van der Waals surface area contributed by atoms with Gasteiger partial charge in [0.2, 0.25) is 5.91 Å². The van der Waals surface area contributed by atoms with E-state index in [4.69, 9.17) is 4.74 Å². The highest BCUT2D eigenvalue weighted by Crippen LogP contribution is 2.31. The number of H-pyrrole nitrogens is 1. The van der Waals surface area contributed by atoms with Crippen molar-refractivity contribution in [1.29, 1.82) is 0 Å². The van der Waals surface area contributed by atoms with Crippen molar-refractivity contribution in [1.82, 2.24) is 14.9 Å². The van der Waals surface area contributed by atoms with Gasteiger partial charge < -0.3 is 14.6 Å². The normalized spacial score (nSPS) is 17.3. The molecule has 1 saturated heterocycles. The molecule has 0 saturated carbocycles. The highest BCUT2D eigenvalue weighted by Gasteiger charge is 2.30.